The molecule has 21 heavy (non-hydrogen) atoms. The van der Waals surface area contributed by atoms with Gasteiger partial charge in [-0.1, -0.05) is 28.1 Å². The molecule has 1 atom stereocenters. The molecule has 0 aliphatic carbocycles. The molecule has 0 fully saturated rings. The number of nitrogens with one attached hydrogen (secondary N) is 1. The zero-order valence-electron chi connectivity index (χ0n) is 11.9. The maximum absolute atomic E-state index is 12.4. The summed E-state index contributed by atoms with van der Waals surface area (Å²) in [5.74, 6) is 0. The van der Waals surface area contributed by atoms with Crippen molar-refractivity contribution in [1.29, 1.82) is 0 Å². The van der Waals surface area contributed by atoms with Crippen molar-refractivity contribution < 1.29 is 8.42 Å². The second-order valence-corrected chi connectivity index (χ2v) is 7.51. The fraction of sp³-hybridized carbons (Fsp3) is 0.286. The first-order valence-corrected chi connectivity index (χ1v) is 8.74. The van der Waals surface area contributed by atoms with E-state index in [0.717, 1.165) is 15.7 Å². The highest BCUT2D eigenvalue weighted by Gasteiger charge is 2.20. The van der Waals surface area contributed by atoms with Gasteiger partial charge in [-0.05, 0) is 30.7 Å². The highest BCUT2D eigenvalue weighted by atomic mass is 79.9. The summed E-state index contributed by atoms with van der Waals surface area (Å²) in [4.78, 5) is 0.229. The minimum absolute atomic E-state index is 0.229. The van der Waals surface area contributed by atoms with Crippen LogP contribution in [0.25, 0.3) is 0 Å². The molecule has 0 aliphatic rings. The van der Waals surface area contributed by atoms with Gasteiger partial charge in [-0.2, -0.15) is 0 Å². The molecule has 1 aromatic heterocycles. The topological polar surface area (TPSA) is 77.1 Å². The average molecular weight is 372 g/mol. The van der Waals surface area contributed by atoms with E-state index in [2.05, 4.69) is 20.7 Å². The van der Waals surface area contributed by atoms with Gasteiger partial charge in [0.1, 0.15) is 0 Å². The third kappa shape index (κ3) is 3.74. The molecule has 1 unspecified atom stereocenters. The first kappa shape index (κ1) is 16.2. The Hall–Kier alpha value is -1.15. The van der Waals surface area contributed by atoms with Gasteiger partial charge in [0.25, 0.3) is 0 Å². The Morgan fingerprint density at radius 3 is 2.67 bits per heavy atom. The van der Waals surface area contributed by atoms with Gasteiger partial charge in [-0.25, -0.2) is 13.1 Å². The van der Waals surface area contributed by atoms with Crippen LogP contribution in [0.15, 0.2) is 45.9 Å². The molecule has 0 spiro atoms. The number of sulfonamides is 1. The fourth-order valence-electron chi connectivity index (χ4n) is 2.07. The highest BCUT2D eigenvalue weighted by molar-refractivity contribution is 9.10. The second kappa shape index (κ2) is 6.31. The summed E-state index contributed by atoms with van der Waals surface area (Å²) in [5, 5.41) is 0. The van der Waals surface area contributed by atoms with E-state index in [1.807, 2.05) is 31.2 Å². The van der Waals surface area contributed by atoms with E-state index >= 15 is 0 Å². The van der Waals surface area contributed by atoms with E-state index < -0.39 is 10.0 Å². The van der Waals surface area contributed by atoms with Crippen LogP contribution >= 0.6 is 15.9 Å². The second-order valence-electron chi connectivity index (χ2n) is 4.88. The predicted octanol–water partition coefficient (Wildman–Crippen LogP) is 2.29. The summed E-state index contributed by atoms with van der Waals surface area (Å²) in [6.45, 7) is 2.11. The Morgan fingerprint density at radius 1 is 1.38 bits per heavy atom. The van der Waals surface area contributed by atoms with Crippen LogP contribution in [0.4, 0.5) is 0 Å². The van der Waals surface area contributed by atoms with Crippen LogP contribution in [0.1, 0.15) is 24.2 Å². The minimum atomic E-state index is -3.57. The number of nitrogens with zero attached hydrogens (tertiary/aromatic N) is 1. The molecule has 0 saturated heterocycles. The lowest BCUT2D eigenvalue weighted by molar-refractivity contribution is 0.566. The molecule has 5 nitrogen and oxygen atoms in total. The van der Waals surface area contributed by atoms with Crippen molar-refractivity contribution >= 4 is 26.0 Å². The van der Waals surface area contributed by atoms with Gasteiger partial charge in [0, 0.05) is 36.0 Å². The van der Waals surface area contributed by atoms with Gasteiger partial charge in [0.15, 0.2) is 0 Å². The maximum Gasteiger partial charge on any atom is 0.242 e. The smallest absolute Gasteiger partial charge is 0.242 e. The Balaban J connectivity index is 2.24. The molecule has 1 heterocycles. The lowest BCUT2D eigenvalue weighted by Crippen LogP contribution is -2.26. The van der Waals surface area contributed by atoms with E-state index in [9.17, 15) is 8.42 Å². The standard InChI is InChI=1S/C14H18BrN3O2S/c1-10(11-4-3-5-12(15)6-11)17-21(19,20)14-7-13(8-16)18(2)9-14/h3-7,9-10,17H,8,16H2,1-2H3. The molecule has 0 bridgehead atoms. The summed E-state index contributed by atoms with van der Waals surface area (Å²) in [7, 11) is -1.80. The van der Waals surface area contributed by atoms with E-state index in [0.29, 0.717) is 6.54 Å². The van der Waals surface area contributed by atoms with Gasteiger partial charge < -0.3 is 10.3 Å². The molecular weight excluding hydrogens is 354 g/mol. The van der Waals surface area contributed by atoms with Crippen LogP contribution in [0.3, 0.4) is 0 Å². The number of aromatic nitrogens is 1. The zero-order valence-corrected chi connectivity index (χ0v) is 14.3. The fourth-order valence-corrected chi connectivity index (χ4v) is 3.81. The molecule has 7 heteroatoms. The number of hydrogen-bond donors (Lipinski definition) is 2. The molecule has 0 saturated carbocycles. The summed E-state index contributed by atoms with van der Waals surface area (Å²) < 4.78 is 30.1. The van der Waals surface area contributed by atoms with Crippen molar-refractivity contribution in [3.8, 4) is 0 Å². The Kier molecular flexibility index (Phi) is 4.88. The summed E-state index contributed by atoms with van der Waals surface area (Å²) in [5.41, 5.74) is 7.24. The normalized spacial score (nSPS) is 13.3. The number of aryl methyl sites for hydroxylation is 1. The first-order chi connectivity index (χ1) is 9.83. The largest absolute Gasteiger partial charge is 0.352 e. The Morgan fingerprint density at radius 2 is 2.10 bits per heavy atom. The molecule has 0 radical (unpaired) electrons. The van der Waals surface area contributed by atoms with Crippen molar-refractivity contribution in [2.75, 3.05) is 0 Å². The van der Waals surface area contributed by atoms with Crippen LogP contribution in [0, 0.1) is 0 Å². The van der Waals surface area contributed by atoms with E-state index in [-0.39, 0.29) is 10.9 Å². The lowest BCUT2D eigenvalue weighted by atomic mass is 10.1. The molecular formula is C14H18BrN3O2S. The molecule has 2 aromatic rings. The molecule has 0 amide bonds. The summed E-state index contributed by atoms with van der Waals surface area (Å²) in [6.07, 6.45) is 1.57. The van der Waals surface area contributed by atoms with Crippen molar-refractivity contribution in [1.82, 2.24) is 9.29 Å². The SMILES string of the molecule is CC(NS(=O)(=O)c1cc(CN)n(C)c1)c1cccc(Br)c1. The molecule has 3 N–H and O–H groups in total. The van der Waals surface area contributed by atoms with Crippen molar-refractivity contribution in [2.45, 2.75) is 24.4 Å². The summed E-state index contributed by atoms with van der Waals surface area (Å²) >= 11 is 3.38. The quantitative estimate of drug-likeness (QED) is 0.846. The van der Waals surface area contributed by atoms with Crippen LogP contribution in [-0.4, -0.2) is 13.0 Å². The van der Waals surface area contributed by atoms with Gasteiger partial charge in [-0.3, -0.25) is 0 Å². The van der Waals surface area contributed by atoms with Gasteiger partial charge in [-0.15, -0.1) is 0 Å². The third-order valence-corrected chi connectivity index (χ3v) is 5.28. The van der Waals surface area contributed by atoms with E-state index in [4.69, 9.17) is 5.73 Å². The Bertz CT molecular complexity index is 740. The minimum Gasteiger partial charge on any atom is -0.352 e. The van der Waals surface area contributed by atoms with Crippen molar-refractivity contribution in [3.63, 3.8) is 0 Å². The third-order valence-electron chi connectivity index (χ3n) is 3.28. The van der Waals surface area contributed by atoms with Crippen LogP contribution < -0.4 is 10.5 Å². The number of halogens is 1. The monoisotopic (exact) mass is 371 g/mol. The highest BCUT2D eigenvalue weighted by Crippen LogP contribution is 2.21. The van der Waals surface area contributed by atoms with E-state index in [1.165, 1.54) is 0 Å². The maximum atomic E-state index is 12.4. The number of nitrogens with two attached hydrogens (primary N) is 1. The number of benzene rings is 1. The molecule has 114 valence electrons. The van der Waals surface area contributed by atoms with Crippen LogP contribution in [0.5, 0.6) is 0 Å². The average Bonchev–Trinajstić information content (AvgIpc) is 2.80. The van der Waals surface area contributed by atoms with E-state index in [1.54, 1.807) is 23.9 Å². The van der Waals surface area contributed by atoms with Gasteiger partial charge in [0.05, 0.1) is 4.90 Å². The lowest BCUT2D eigenvalue weighted by Gasteiger charge is -2.14. The van der Waals surface area contributed by atoms with Gasteiger partial charge >= 0.3 is 0 Å². The zero-order chi connectivity index (χ0) is 15.6. The molecule has 0 aliphatic heterocycles. The number of rotatable bonds is 5. The van der Waals surface area contributed by atoms with Crippen LogP contribution in [0.2, 0.25) is 0 Å². The summed E-state index contributed by atoms with van der Waals surface area (Å²) in [6, 6.07) is 8.82. The van der Waals surface area contributed by atoms with Crippen molar-refractivity contribution in [3.05, 3.63) is 52.3 Å². The van der Waals surface area contributed by atoms with Gasteiger partial charge in [0.2, 0.25) is 10.0 Å². The molecule has 2 rings (SSSR count). The number of hydrogen-bond acceptors (Lipinski definition) is 3. The Labute approximate surface area is 133 Å². The first-order valence-electron chi connectivity index (χ1n) is 6.46. The van der Waals surface area contributed by atoms with Crippen molar-refractivity contribution in [2.24, 2.45) is 12.8 Å². The molecule has 1 aromatic carbocycles. The van der Waals surface area contributed by atoms with Crippen LogP contribution in [-0.2, 0) is 23.6 Å². The predicted molar refractivity (Wildman–Crippen MR) is 86.2 cm³/mol.